The summed E-state index contributed by atoms with van der Waals surface area (Å²) in [5, 5.41) is 12.4. The first-order valence-electron chi connectivity index (χ1n) is 7.52. The number of carboxylic acid groups (broad SMARTS) is 1. The summed E-state index contributed by atoms with van der Waals surface area (Å²) >= 11 is 0. The molecule has 2 saturated carbocycles. The molecule has 0 aromatic carbocycles. The van der Waals surface area contributed by atoms with Crippen molar-refractivity contribution in [3.8, 4) is 0 Å². The molecular formula is C15H24N2O3. The molecule has 2 fully saturated rings. The van der Waals surface area contributed by atoms with Gasteiger partial charge in [0.25, 0.3) is 0 Å². The van der Waals surface area contributed by atoms with Gasteiger partial charge in [0.05, 0.1) is 0 Å². The number of nitrogens with one attached hydrogen (secondary N) is 1. The molecule has 112 valence electrons. The Kier molecular flexibility index (Phi) is 4.68. The fourth-order valence-electron chi connectivity index (χ4n) is 2.92. The van der Waals surface area contributed by atoms with Gasteiger partial charge in [0.1, 0.15) is 5.54 Å². The normalized spacial score (nSPS) is 21.6. The molecule has 0 aromatic rings. The first-order valence-corrected chi connectivity index (χ1v) is 7.52. The molecule has 0 bridgehead atoms. The van der Waals surface area contributed by atoms with Crippen molar-refractivity contribution in [2.24, 2.45) is 0 Å². The third kappa shape index (κ3) is 3.32. The zero-order valence-electron chi connectivity index (χ0n) is 11.9. The van der Waals surface area contributed by atoms with Crippen molar-refractivity contribution in [2.75, 3.05) is 6.54 Å². The summed E-state index contributed by atoms with van der Waals surface area (Å²) in [5.74, 6) is -0.901. The Morgan fingerprint density at radius 3 is 2.30 bits per heavy atom. The van der Waals surface area contributed by atoms with Crippen LogP contribution in [0.2, 0.25) is 0 Å². The smallest absolute Gasteiger partial charge is 0.329 e. The summed E-state index contributed by atoms with van der Waals surface area (Å²) in [5.41, 5.74) is -1.08. The Labute approximate surface area is 120 Å². The number of amides is 2. The molecule has 5 heteroatoms. The maximum absolute atomic E-state index is 12.4. The predicted octanol–water partition coefficient (Wildman–Crippen LogP) is 2.52. The number of carbonyl (C=O) groups is 2. The Morgan fingerprint density at radius 2 is 1.85 bits per heavy atom. The highest BCUT2D eigenvalue weighted by Gasteiger charge is 2.42. The van der Waals surface area contributed by atoms with Crippen LogP contribution in [-0.4, -0.2) is 40.1 Å². The van der Waals surface area contributed by atoms with Gasteiger partial charge in [-0.25, -0.2) is 9.59 Å². The molecule has 0 heterocycles. The second-order valence-corrected chi connectivity index (χ2v) is 5.90. The second-order valence-electron chi connectivity index (χ2n) is 5.90. The quantitative estimate of drug-likeness (QED) is 0.600. The van der Waals surface area contributed by atoms with E-state index in [9.17, 15) is 14.7 Å². The summed E-state index contributed by atoms with van der Waals surface area (Å²) in [6.07, 6.45) is 8.56. The Bertz CT molecular complexity index is 383. The topological polar surface area (TPSA) is 69.6 Å². The molecule has 20 heavy (non-hydrogen) atoms. The standard InChI is InChI=1S/C15H24N2O3/c1-2-11-17(12-7-8-12)14(20)16-15(13(18)19)9-5-3-4-6-10-15/h2,12H,1,3-11H2,(H,16,20)(H,18,19). The first-order chi connectivity index (χ1) is 9.59. The largest absolute Gasteiger partial charge is 0.480 e. The van der Waals surface area contributed by atoms with Crippen molar-refractivity contribution in [1.29, 1.82) is 0 Å². The zero-order valence-corrected chi connectivity index (χ0v) is 11.9. The number of nitrogens with zero attached hydrogens (tertiary/aromatic N) is 1. The fraction of sp³-hybridized carbons (Fsp3) is 0.733. The Balaban J connectivity index is 2.07. The summed E-state index contributed by atoms with van der Waals surface area (Å²) in [4.78, 5) is 25.8. The minimum absolute atomic E-state index is 0.253. The molecule has 5 nitrogen and oxygen atoms in total. The van der Waals surface area contributed by atoms with Crippen LogP contribution < -0.4 is 5.32 Å². The third-order valence-corrected chi connectivity index (χ3v) is 4.29. The molecule has 0 saturated heterocycles. The Morgan fingerprint density at radius 1 is 1.25 bits per heavy atom. The number of carboxylic acids is 1. The van der Waals surface area contributed by atoms with Gasteiger partial charge in [-0.1, -0.05) is 31.8 Å². The summed E-state index contributed by atoms with van der Waals surface area (Å²) in [6.45, 7) is 4.15. The fourth-order valence-corrected chi connectivity index (χ4v) is 2.92. The first kappa shape index (κ1) is 14.9. The van der Waals surface area contributed by atoms with Gasteiger partial charge in [-0.2, -0.15) is 0 Å². The molecule has 2 amide bonds. The van der Waals surface area contributed by atoms with E-state index in [1.54, 1.807) is 11.0 Å². The van der Waals surface area contributed by atoms with E-state index in [0.29, 0.717) is 19.4 Å². The molecule has 2 aliphatic rings. The van der Waals surface area contributed by atoms with Crippen LogP contribution in [0, 0.1) is 0 Å². The average Bonchev–Trinajstić information content (AvgIpc) is 3.23. The number of rotatable bonds is 5. The van der Waals surface area contributed by atoms with Crippen molar-refractivity contribution in [3.63, 3.8) is 0 Å². The highest BCUT2D eigenvalue weighted by molar-refractivity contribution is 5.86. The monoisotopic (exact) mass is 280 g/mol. The van der Waals surface area contributed by atoms with E-state index < -0.39 is 11.5 Å². The SMILES string of the molecule is C=CCN(C(=O)NC1(C(=O)O)CCCCCC1)C1CC1. The minimum Gasteiger partial charge on any atom is -0.480 e. The molecular weight excluding hydrogens is 256 g/mol. The van der Waals surface area contributed by atoms with Crippen LogP contribution in [0.15, 0.2) is 12.7 Å². The van der Waals surface area contributed by atoms with Crippen LogP contribution in [0.25, 0.3) is 0 Å². The van der Waals surface area contributed by atoms with E-state index in [-0.39, 0.29) is 12.1 Å². The molecule has 0 atom stereocenters. The number of carbonyl (C=O) groups excluding carboxylic acids is 1. The number of hydrogen-bond donors (Lipinski definition) is 2. The summed E-state index contributed by atoms with van der Waals surface area (Å²) in [7, 11) is 0. The number of urea groups is 1. The van der Waals surface area contributed by atoms with Gasteiger partial charge in [-0.05, 0) is 25.7 Å². The van der Waals surface area contributed by atoms with E-state index in [0.717, 1.165) is 38.5 Å². The predicted molar refractivity (Wildman–Crippen MR) is 76.5 cm³/mol. The minimum atomic E-state index is -1.08. The van der Waals surface area contributed by atoms with Crippen LogP contribution in [0.5, 0.6) is 0 Å². The van der Waals surface area contributed by atoms with Crippen molar-refractivity contribution >= 4 is 12.0 Å². The van der Waals surface area contributed by atoms with Crippen LogP contribution in [0.4, 0.5) is 4.79 Å². The molecule has 0 aliphatic heterocycles. The molecule has 0 radical (unpaired) electrons. The van der Waals surface area contributed by atoms with Gasteiger partial charge < -0.3 is 15.3 Å². The van der Waals surface area contributed by atoms with Gasteiger partial charge in [-0.3, -0.25) is 0 Å². The van der Waals surface area contributed by atoms with E-state index in [4.69, 9.17) is 0 Å². The zero-order chi connectivity index (χ0) is 14.6. The number of aliphatic carboxylic acids is 1. The van der Waals surface area contributed by atoms with E-state index in [1.807, 2.05) is 0 Å². The van der Waals surface area contributed by atoms with Crippen molar-refractivity contribution in [2.45, 2.75) is 62.9 Å². The highest BCUT2D eigenvalue weighted by atomic mass is 16.4. The summed E-state index contributed by atoms with van der Waals surface area (Å²) in [6, 6.07) is 0.00122. The molecule has 2 N–H and O–H groups in total. The van der Waals surface area contributed by atoms with E-state index in [1.165, 1.54) is 0 Å². The maximum atomic E-state index is 12.4. The number of hydrogen-bond acceptors (Lipinski definition) is 2. The molecule has 2 rings (SSSR count). The Hall–Kier alpha value is -1.52. The van der Waals surface area contributed by atoms with Crippen LogP contribution in [0.1, 0.15) is 51.4 Å². The summed E-state index contributed by atoms with van der Waals surface area (Å²) < 4.78 is 0. The second kappa shape index (κ2) is 6.29. The van der Waals surface area contributed by atoms with Gasteiger partial charge in [0, 0.05) is 12.6 Å². The molecule has 2 aliphatic carbocycles. The van der Waals surface area contributed by atoms with Crippen LogP contribution in [-0.2, 0) is 4.79 Å². The lowest BCUT2D eigenvalue weighted by atomic mass is 9.90. The van der Waals surface area contributed by atoms with Crippen molar-refractivity contribution < 1.29 is 14.7 Å². The van der Waals surface area contributed by atoms with Crippen LogP contribution >= 0.6 is 0 Å². The maximum Gasteiger partial charge on any atom is 0.329 e. The van der Waals surface area contributed by atoms with Gasteiger partial charge in [0.15, 0.2) is 0 Å². The van der Waals surface area contributed by atoms with Crippen molar-refractivity contribution in [3.05, 3.63) is 12.7 Å². The molecule has 0 aromatic heterocycles. The van der Waals surface area contributed by atoms with Gasteiger partial charge in [-0.15, -0.1) is 6.58 Å². The van der Waals surface area contributed by atoms with Crippen LogP contribution in [0.3, 0.4) is 0 Å². The van der Waals surface area contributed by atoms with Crippen molar-refractivity contribution in [1.82, 2.24) is 10.2 Å². The highest BCUT2D eigenvalue weighted by Crippen LogP contribution is 2.30. The van der Waals surface area contributed by atoms with E-state index in [2.05, 4.69) is 11.9 Å². The third-order valence-electron chi connectivity index (χ3n) is 4.29. The van der Waals surface area contributed by atoms with Gasteiger partial charge >= 0.3 is 12.0 Å². The lowest BCUT2D eigenvalue weighted by Gasteiger charge is -2.32. The lowest BCUT2D eigenvalue weighted by Crippen LogP contribution is -2.58. The molecule has 0 unspecified atom stereocenters. The van der Waals surface area contributed by atoms with Gasteiger partial charge in [0.2, 0.25) is 0 Å². The van der Waals surface area contributed by atoms with E-state index >= 15 is 0 Å². The lowest BCUT2D eigenvalue weighted by molar-refractivity contribution is -0.145. The molecule has 0 spiro atoms. The average molecular weight is 280 g/mol.